The highest BCUT2D eigenvalue weighted by atomic mass is 32.1. The van der Waals surface area contributed by atoms with Gasteiger partial charge in [-0.2, -0.15) is 0 Å². The summed E-state index contributed by atoms with van der Waals surface area (Å²) < 4.78 is 9.08. The van der Waals surface area contributed by atoms with Crippen LogP contribution in [0.4, 0.5) is 17.1 Å². The molecule has 51 heavy (non-hydrogen) atoms. The molecule has 0 atom stereocenters. The molecule has 0 N–H and O–H groups in total. The molecule has 2 heterocycles. The van der Waals surface area contributed by atoms with Crippen LogP contribution >= 0.6 is 11.3 Å². The molecule has 0 spiro atoms. The summed E-state index contributed by atoms with van der Waals surface area (Å²) >= 11 is 1.85. The Morgan fingerprint density at radius 1 is 0.373 bits per heavy atom. The van der Waals surface area contributed by atoms with E-state index < -0.39 is 0 Å². The number of nitrogens with zero attached hydrogens (tertiary/aromatic N) is 1. The summed E-state index contributed by atoms with van der Waals surface area (Å²) in [5.74, 6) is 0. The summed E-state index contributed by atoms with van der Waals surface area (Å²) in [6.45, 7) is 0. The normalized spacial score (nSPS) is 11.5. The maximum absolute atomic E-state index is 6.51. The second-order valence-corrected chi connectivity index (χ2v) is 14.0. The lowest BCUT2D eigenvalue weighted by molar-refractivity contribution is 0.669. The molecule has 3 heteroatoms. The highest BCUT2D eigenvalue weighted by molar-refractivity contribution is 7.25. The predicted molar refractivity (Wildman–Crippen MR) is 218 cm³/mol. The van der Waals surface area contributed by atoms with E-state index in [0.29, 0.717) is 0 Å². The van der Waals surface area contributed by atoms with Crippen LogP contribution in [0.3, 0.4) is 0 Å². The average Bonchev–Trinajstić information content (AvgIpc) is 3.77. The van der Waals surface area contributed by atoms with Gasteiger partial charge in [0.15, 0.2) is 0 Å². The third kappa shape index (κ3) is 5.10. The molecular formula is C48H31NOS. The van der Waals surface area contributed by atoms with Crippen molar-refractivity contribution < 1.29 is 4.42 Å². The van der Waals surface area contributed by atoms with Crippen LogP contribution in [0.5, 0.6) is 0 Å². The maximum Gasteiger partial charge on any atom is 0.136 e. The van der Waals surface area contributed by atoms with E-state index in [2.05, 4.69) is 187 Å². The molecule has 10 aromatic rings. The van der Waals surface area contributed by atoms with Gasteiger partial charge < -0.3 is 9.32 Å². The maximum atomic E-state index is 6.51. The van der Waals surface area contributed by atoms with Gasteiger partial charge in [-0.25, -0.2) is 0 Å². The van der Waals surface area contributed by atoms with E-state index in [1.54, 1.807) is 0 Å². The van der Waals surface area contributed by atoms with Gasteiger partial charge in [-0.05, 0) is 82.4 Å². The van der Waals surface area contributed by atoms with Crippen molar-refractivity contribution in [2.45, 2.75) is 0 Å². The first-order valence-corrected chi connectivity index (χ1v) is 18.1. The second-order valence-electron chi connectivity index (χ2n) is 12.9. The average molecular weight is 670 g/mol. The largest absolute Gasteiger partial charge is 0.456 e. The topological polar surface area (TPSA) is 16.4 Å². The summed E-state index contributed by atoms with van der Waals surface area (Å²) in [7, 11) is 0. The SMILES string of the molecule is c1ccc(-c2ccc(N(c3ccc4c(c3)sc3ccccc34)c3ccc4oc5ccccc5c4c3-c3cccc(-c4ccccc4)c3)cc2)cc1. The van der Waals surface area contributed by atoms with Crippen molar-refractivity contribution in [1.29, 1.82) is 0 Å². The van der Waals surface area contributed by atoms with E-state index in [9.17, 15) is 0 Å². The fourth-order valence-electron chi connectivity index (χ4n) is 7.48. The van der Waals surface area contributed by atoms with Crippen molar-refractivity contribution in [3.63, 3.8) is 0 Å². The first-order valence-electron chi connectivity index (χ1n) is 17.3. The standard InChI is InChI=1S/C48H31NOS/c1-3-12-32(13-4-1)34-22-24-37(25-23-34)49(38-26-27-40-39-18-8-10-21-45(39)51-46(40)31-38)42-28-29-44-48(41-19-7-9-20-43(41)50-44)47(42)36-17-11-16-35(30-36)33-14-5-2-6-15-33/h1-31H. The van der Waals surface area contributed by atoms with Gasteiger partial charge in [0.1, 0.15) is 11.2 Å². The zero-order valence-corrected chi connectivity index (χ0v) is 28.5. The van der Waals surface area contributed by atoms with Crippen molar-refractivity contribution in [3.05, 3.63) is 188 Å². The summed E-state index contributed by atoms with van der Waals surface area (Å²) in [5, 5.41) is 4.80. The molecule has 2 aromatic heterocycles. The van der Waals surface area contributed by atoms with E-state index in [0.717, 1.165) is 50.1 Å². The van der Waals surface area contributed by atoms with Crippen LogP contribution in [0, 0.1) is 0 Å². The van der Waals surface area contributed by atoms with E-state index >= 15 is 0 Å². The lowest BCUT2D eigenvalue weighted by atomic mass is 9.93. The van der Waals surface area contributed by atoms with Gasteiger partial charge in [0.25, 0.3) is 0 Å². The fraction of sp³-hybridized carbons (Fsp3) is 0. The van der Waals surface area contributed by atoms with E-state index in [4.69, 9.17) is 4.42 Å². The lowest BCUT2D eigenvalue weighted by Crippen LogP contribution is -2.11. The van der Waals surface area contributed by atoms with Crippen LogP contribution in [-0.2, 0) is 0 Å². The van der Waals surface area contributed by atoms with Gasteiger partial charge >= 0.3 is 0 Å². The molecule has 0 amide bonds. The number of rotatable bonds is 6. The Kier molecular flexibility index (Phi) is 7.04. The highest BCUT2D eigenvalue weighted by Gasteiger charge is 2.23. The third-order valence-electron chi connectivity index (χ3n) is 9.87. The number of thiophene rings is 1. The molecule has 10 rings (SSSR count). The molecule has 0 bridgehead atoms. The van der Waals surface area contributed by atoms with Crippen LogP contribution in [0.1, 0.15) is 0 Å². The number of para-hydroxylation sites is 1. The Bertz CT molecular complexity index is 2850. The smallest absolute Gasteiger partial charge is 0.136 e. The number of benzene rings is 8. The Morgan fingerprint density at radius 2 is 0.980 bits per heavy atom. The van der Waals surface area contributed by atoms with Crippen molar-refractivity contribution in [2.24, 2.45) is 0 Å². The first-order chi connectivity index (χ1) is 25.3. The van der Waals surface area contributed by atoms with Gasteiger partial charge in [0, 0.05) is 47.9 Å². The number of hydrogen-bond donors (Lipinski definition) is 0. The Balaban J connectivity index is 1.25. The molecule has 8 aromatic carbocycles. The van der Waals surface area contributed by atoms with Gasteiger partial charge in [-0.3, -0.25) is 0 Å². The van der Waals surface area contributed by atoms with Gasteiger partial charge in [-0.1, -0.05) is 133 Å². The molecule has 2 nitrogen and oxygen atoms in total. The summed E-state index contributed by atoms with van der Waals surface area (Å²) in [6.07, 6.45) is 0. The molecule has 0 aliphatic heterocycles. The molecule has 0 saturated carbocycles. The van der Waals surface area contributed by atoms with Crippen molar-refractivity contribution in [1.82, 2.24) is 0 Å². The van der Waals surface area contributed by atoms with E-state index in [-0.39, 0.29) is 0 Å². The van der Waals surface area contributed by atoms with Gasteiger partial charge in [0.05, 0.1) is 5.69 Å². The predicted octanol–water partition coefficient (Wildman–Crippen LogP) is 14.4. The minimum absolute atomic E-state index is 0.874. The minimum Gasteiger partial charge on any atom is -0.456 e. The summed E-state index contributed by atoms with van der Waals surface area (Å²) in [5.41, 5.74) is 12.1. The molecule has 0 unspecified atom stereocenters. The number of anilines is 3. The molecule has 240 valence electrons. The number of fused-ring (bicyclic) bond motifs is 6. The quantitative estimate of drug-likeness (QED) is 0.175. The van der Waals surface area contributed by atoms with E-state index in [1.807, 2.05) is 17.4 Å². The van der Waals surface area contributed by atoms with E-state index in [1.165, 1.54) is 42.4 Å². The Hall–Kier alpha value is -6.42. The molecule has 0 radical (unpaired) electrons. The summed E-state index contributed by atoms with van der Waals surface area (Å²) in [6, 6.07) is 67.5. The minimum atomic E-state index is 0.874. The van der Waals surface area contributed by atoms with Gasteiger partial charge in [-0.15, -0.1) is 11.3 Å². The third-order valence-corrected chi connectivity index (χ3v) is 11.0. The van der Waals surface area contributed by atoms with Crippen LogP contribution in [0.25, 0.3) is 75.5 Å². The molecule has 0 fully saturated rings. The molecule has 0 saturated heterocycles. The van der Waals surface area contributed by atoms with Crippen molar-refractivity contribution >= 4 is 70.5 Å². The van der Waals surface area contributed by atoms with Crippen LogP contribution < -0.4 is 4.90 Å². The van der Waals surface area contributed by atoms with Gasteiger partial charge in [0.2, 0.25) is 0 Å². The molecular weight excluding hydrogens is 639 g/mol. The van der Waals surface area contributed by atoms with Crippen LogP contribution in [-0.4, -0.2) is 0 Å². The zero-order valence-electron chi connectivity index (χ0n) is 27.7. The first kappa shape index (κ1) is 29.5. The monoisotopic (exact) mass is 669 g/mol. The lowest BCUT2D eigenvalue weighted by Gasteiger charge is -2.28. The van der Waals surface area contributed by atoms with Crippen LogP contribution in [0.2, 0.25) is 0 Å². The summed E-state index contributed by atoms with van der Waals surface area (Å²) in [4.78, 5) is 2.42. The van der Waals surface area contributed by atoms with Crippen LogP contribution in [0.15, 0.2) is 192 Å². The zero-order chi connectivity index (χ0) is 33.7. The van der Waals surface area contributed by atoms with Crippen molar-refractivity contribution in [3.8, 4) is 33.4 Å². The Labute approximate surface area is 300 Å². The fourth-order valence-corrected chi connectivity index (χ4v) is 8.62. The second kappa shape index (κ2) is 12.2. The van der Waals surface area contributed by atoms with Crippen molar-refractivity contribution in [2.75, 3.05) is 4.90 Å². The molecule has 0 aliphatic rings. The molecule has 0 aliphatic carbocycles. The Morgan fingerprint density at radius 3 is 1.78 bits per heavy atom. The number of furan rings is 1. The highest BCUT2D eigenvalue weighted by Crippen LogP contribution is 2.48. The number of hydrogen-bond acceptors (Lipinski definition) is 3.